The molecule has 0 amide bonds. The fourth-order valence-corrected chi connectivity index (χ4v) is 3.33. The smallest absolute Gasteiger partial charge is 0.137 e. The average Bonchev–Trinajstić information content (AvgIpc) is 2.84. The minimum Gasteiger partial charge on any atom is -0.486 e. The van der Waals surface area contributed by atoms with E-state index in [1.807, 2.05) is 19.1 Å². The van der Waals surface area contributed by atoms with Gasteiger partial charge in [-0.05, 0) is 53.4 Å². The molecule has 0 aromatic heterocycles. The van der Waals surface area contributed by atoms with Gasteiger partial charge in [-0.15, -0.1) is 0 Å². The molecule has 2 rings (SSSR count). The zero-order valence-electron chi connectivity index (χ0n) is 11.1. The molecule has 1 fully saturated rings. The van der Waals surface area contributed by atoms with Crippen LogP contribution in [0.25, 0.3) is 0 Å². The number of hydrogen-bond donors (Lipinski definition) is 1. The maximum Gasteiger partial charge on any atom is 0.137 e. The zero-order chi connectivity index (χ0) is 13.7. The molecule has 1 aliphatic heterocycles. The van der Waals surface area contributed by atoms with Crippen LogP contribution in [0.4, 0.5) is 0 Å². The number of rotatable bonds is 6. The predicted molar refractivity (Wildman–Crippen MR) is 80.0 cm³/mol. The first-order valence-electron chi connectivity index (χ1n) is 6.68. The molecule has 1 aromatic rings. The molecule has 0 radical (unpaired) electrons. The highest BCUT2D eigenvalue weighted by atomic mass is 79.9. The van der Waals surface area contributed by atoms with Gasteiger partial charge in [-0.1, -0.05) is 11.6 Å². The number of benzene rings is 1. The van der Waals surface area contributed by atoms with E-state index in [9.17, 15) is 0 Å². The van der Waals surface area contributed by atoms with Crippen LogP contribution in [0.3, 0.4) is 0 Å². The van der Waals surface area contributed by atoms with Crippen LogP contribution in [0.1, 0.15) is 18.4 Å². The van der Waals surface area contributed by atoms with E-state index in [1.54, 1.807) is 0 Å². The van der Waals surface area contributed by atoms with E-state index in [1.165, 1.54) is 12.8 Å². The third-order valence-corrected chi connectivity index (χ3v) is 4.02. The van der Waals surface area contributed by atoms with E-state index in [-0.39, 0.29) is 0 Å². The molecule has 1 saturated heterocycles. The fraction of sp³-hybridized carbons (Fsp3) is 0.571. The van der Waals surface area contributed by atoms with Gasteiger partial charge >= 0.3 is 0 Å². The Morgan fingerprint density at radius 1 is 1.53 bits per heavy atom. The van der Waals surface area contributed by atoms with E-state index in [2.05, 4.69) is 21.2 Å². The molecule has 5 heteroatoms. The lowest BCUT2D eigenvalue weighted by Gasteiger charge is -2.12. The number of ether oxygens (including phenoxy) is 2. The van der Waals surface area contributed by atoms with E-state index < -0.39 is 0 Å². The Bertz CT molecular complexity index is 399. The maximum absolute atomic E-state index is 5.97. The van der Waals surface area contributed by atoms with Crippen molar-refractivity contribution in [2.45, 2.75) is 25.9 Å². The molecule has 106 valence electrons. The molecule has 3 nitrogen and oxygen atoms in total. The predicted octanol–water partition coefficient (Wildman–Crippen LogP) is 2.53. The largest absolute Gasteiger partial charge is 0.486 e. The quantitative estimate of drug-likeness (QED) is 0.801. The molecule has 2 N–H and O–H groups in total. The molecular weight excluding hydrogens is 330 g/mol. The minimum absolute atomic E-state index is 0.434. The first kappa shape index (κ1) is 15.1. The van der Waals surface area contributed by atoms with Gasteiger partial charge in [0, 0.05) is 11.6 Å². The number of hydrogen-bond acceptors (Lipinski definition) is 2. The second-order valence-corrected chi connectivity index (χ2v) is 6.12. The molecule has 1 atom stereocenters. The van der Waals surface area contributed by atoms with Crippen LogP contribution >= 0.6 is 27.5 Å². The summed E-state index contributed by atoms with van der Waals surface area (Å²) in [6, 6.07) is 3.78. The normalized spacial score (nSPS) is 18.8. The summed E-state index contributed by atoms with van der Waals surface area (Å²) in [7, 11) is 0. The van der Waals surface area contributed by atoms with Gasteiger partial charge in [0.1, 0.15) is 31.5 Å². The maximum atomic E-state index is 5.97. The Morgan fingerprint density at radius 3 is 3.05 bits per heavy atom. The Kier molecular flexibility index (Phi) is 5.95. The van der Waals surface area contributed by atoms with Crippen LogP contribution in [0, 0.1) is 6.92 Å². The molecule has 0 unspecified atom stereocenters. The average molecular weight is 350 g/mol. The molecule has 19 heavy (non-hydrogen) atoms. The van der Waals surface area contributed by atoms with Crippen molar-refractivity contribution in [3.05, 3.63) is 27.2 Å². The fourth-order valence-electron chi connectivity index (χ4n) is 2.25. The van der Waals surface area contributed by atoms with Gasteiger partial charge in [0.2, 0.25) is 0 Å². The van der Waals surface area contributed by atoms with Crippen molar-refractivity contribution < 1.29 is 14.8 Å². The third-order valence-electron chi connectivity index (χ3n) is 3.22. The molecule has 1 aliphatic rings. The summed E-state index contributed by atoms with van der Waals surface area (Å²) in [6.45, 7) is 5.58. The van der Waals surface area contributed by atoms with Crippen molar-refractivity contribution in [1.82, 2.24) is 0 Å². The van der Waals surface area contributed by atoms with Crippen LogP contribution in [-0.2, 0) is 4.74 Å². The second kappa shape index (κ2) is 7.48. The lowest BCUT2D eigenvalue weighted by Crippen LogP contribution is -2.87. The Balaban J connectivity index is 1.70. The molecule has 0 spiro atoms. The van der Waals surface area contributed by atoms with E-state index >= 15 is 0 Å². The highest BCUT2D eigenvalue weighted by Gasteiger charge is 2.16. The van der Waals surface area contributed by atoms with Gasteiger partial charge in [-0.3, -0.25) is 0 Å². The lowest BCUT2D eigenvalue weighted by molar-refractivity contribution is -0.661. The summed E-state index contributed by atoms with van der Waals surface area (Å²) < 4.78 is 12.3. The molecule has 1 heterocycles. The van der Waals surface area contributed by atoms with Crippen LogP contribution in [0.5, 0.6) is 5.75 Å². The molecule has 1 aromatic carbocycles. The van der Waals surface area contributed by atoms with Gasteiger partial charge in [-0.25, -0.2) is 0 Å². The van der Waals surface area contributed by atoms with Crippen LogP contribution in [0.15, 0.2) is 16.6 Å². The summed E-state index contributed by atoms with van der Waals surface area (Å²) in [5, 5.41) is 2.98. The van der Waals surface area contributed by atoms with Crippen LogP contribution < -0.4 is 10.1 Å². The molecule has 0 bridgehead atoms. The Labute approximate surface area is 127 Å². The first-order valence-corrected chi connectivity index (χ1v) is 7.85. The van der Waals surface area contributed by atoms with Crippen molar-refractivity contribution in [3.63, 3.8) is 0 Å². The summed E-state index contributed by atoms with van der Waals surface area (Å²) in [5.41, 5.74) is 1.05. The van der Waals surface area contributed by atoms with Gasteiger partial charge in [0.15, 0.2) is 0 Å². The van der Waals surface area contributed by atoms with Crippen LogP contribution in [0.2, 0.25) is 5.02 Å². The minimum atomic E-state index is 0.434. The van der Waals surface area contributed by atoms with Crippen molar-refractivity contribution in [3.8, 4) is 5.75 Å². The second-order valence-electron chi connectivity index (χ2n) is 4.83. The van der Waals surface area contributed by atoms with Crippen molar-refractivity contribution in [1.29, 1.82) is 0 Å². The molecule has 0 saturated carbocycles. The van der Waals surface area contributed by atoms with Gasteiger partial charge < -0.3 is 14.8 Å². The van der Waals surface area contributed by atoms with Gasteiger partial charge in [0.05, 0.1) is 4.47 Å². The zero-order valence-corrected chi connectivity index (χ0v) is 13.5. The van der Waals surface area contributed by atoms with Crippen molar-refractivity contribution in [2.24, 2.45) is 0 Å². The summed E-state index contributed by atoms with van der Waals surface area (Å²) in [5.74, 6) is 0.884. The van der Waals surface area contributed by atoms with E-state index in [0.717, 1.165) is 40.5 Å². The van der Waals surface area contributed by atoms with E-state index in [4.69, 9.17) is 21.1 Å². The Morgan fingerprint density at radius 2 is 2.37 bits per heavy atom. The Hall–Kier alpha value is -0.290. The van der Waals surface area contributed by atoms with E-state index in [0.29, 0.717) is 12.7 Å². The third kappa shape index (κ3) is 4.63. The number of quaternary nitrogens is 1. The standard InChI is InChI=1S/C14H19BrClNO2/c1-10-7-11(16)8-13(15)14(10)19-6-4-17-9-12-3-2-5-18-12/h7-8,12,17H,2-6,9H2,1H3/p+1/t12-/m1/s1. The highest BCUT2D eigenvalue weighted by Crippen LogP contribution is 2.31. The summed E-state index contributed by atoms with van der Waals surface area (Å²) >= 11 is 9.45. The SMILES string of the molecule is Cc1cc(Cl)cc(Br)c1OCC[NH2+]C[C@H]1CCCO1. The lowest BCUT2D eigenvalue weighted by atomic mass is 10.2. The van der Waals surface area contributed by atoms with Gasteiger partial charge in [0.25, 0.3) is 0 Å². The number of halogens is 2. The first-order chi connectivity index (χ1) is 9.16. The highest BCUT2D eigenvalue weighted by molar-refractivity contribution is 9.10. The van der Waals surface area contributed by atoms with Crippen LogP contribution in [-0.4, -0.2) is 32.4 Å². The van der Waals surface area contributed by atoms with Crippen molar-refractivity contribution >= 4 is 27.5 Å². The van der Waals surface area contributed by atoms with Crippen molar-refractivity contribution in [2.75, 3.05) is 26.3 Å². The molecule has 0 aliphatic carbocycles. The monoisotopic (exact) mass is 348 g/mol. The molecular formula is C14H20BrClNO2+. The van der Waals surface area contributed by atoms with Gasteiger partial charge in [-0.2, -0.15) is 0 Å². The topological polar surface area (TPSA) is 35.1 Å². The number of nitrogens with two attached hydrogens (primary N) is 1. The number of aryl methyl sites for hydroxylation is 1. The summed E-state index contributed by atoms with van der Waals surface area (Å²) in [6.07, 6.45) is 2.83. The summed E-state index contributed by atoms with van der Waals surface area (Å²) in [4.78, 5) is 0.